The van der Waals surface area contributed by atoms with Crippen LogP contribution in [-0.2, 0) is 9.59 Å². The fourth-order valence-electron chi connectivity index (χ4n) is 3.05. The molecule has 3 heterocycles. The molecule has 2 fully saturated rings. The monoisotopic (exact) mass is 464 g/mol. The summed E-state index contributed by atoms with van der Waals surface area (Å²) in [4.78, 5) is 42.3. The molecule has 1 aromatic heterocycles. The van der Waals surface area contributed by atoms with Gasteiger partial charge in [-0.15, -0.1) is 11.3 Å². The number of benzene rings is 1. The Balaban J connectivity index is 1.42. The average Bonchev–Trinajstić information content (AvgIpc) is 3.43. The molecule has 2 aliphatic heterocycles. The van der Waals surface area contributed by atoms with Crippen molar-refractivity contribution in [1.82, 2.24) is 9.80 Å². The molecule has 9 heteroatoms. The molecule has 5 nitrogen and oxygen atoms in total. The number of carbonyl (C=O) groups excluding carboxylic acids is 3. The van der Waals surface area contributed by atoms with Gasteiger partial charge >= 0.3 is 0 Å². The molecule has 2 aliphatic rings. The summed E-state index contributed by atoms with van der Waals surface area (Å²) in [6.07, 6.45) is 3.67. The molecule has 0 unspecified atom stereocenters. The topological polar surface area (TPSA) is 57.7 Å². The Morgan fingerprint density at radius 2 is 1.83 bits per heavy atom. The number of hydrogen-bond acceptors (Lipinski definition) is 6. The van der Waals surface area contributed by atoms with Gasteiger partial charge in [-0.25, -0.2) is 0 Å². The number of halogens is 1. The lowest BCUT2D eigenvalue weighted by atomic mass is 10.3. The van der Waals surface area contributed by atoms with E-state index in [1.165, 1.54) is 0 Å². The maximum atomic E-state index is 12.6. The second-order valence-corrected chi connectivity index (χ2v) is 10.5. The Morgan fingerprint density at radius 1 is 1.10 bits per heavy atom. The van der Waals surface area contributed by atoms with Crippen LogP contribution in [0.15, 0.2) is 50.4 Å². The predicted octanol–water partition coefficient (Wildman–Crippen LogP) is 5.21. The molecule has 0 N–H and O–H groups in total. The van der Waals surface area contributed by atoms with Crippen molar-refractivity contribution in [2.24, 2.45) is 0 Å². The van der Waals surface area contributed by atoms with Crippen LogP contribution in [0.5, 0.6) is 0 Å². The third-order valence-electron chi connectivity index (χ3n) is 4.53. The third kappa shape index (κ3) is 4.88. The van der Waals surface area contributed by atoms with E-state index in [1.54, 1.807) is 34.1 Å². The van der Waals surface area contributed by atoms with E-state index in [0.717, 1.165) is 43.5 Å². The highest BCUT2D eigenvalue weighted by Crippen LogP contribution is 2.37. The number of nitrogens with zero attached hydrogens (tertiary/aromatic N) is 2. The zero-order chi connectivity index (χ0) is 20.4. The van der Waals surface area contributed by atoms with Crippen molar-refractivity contribution in [2.75, 3.05) is 19.6 Å². The van der Waals surface area contributed by atoms with Crippen LogP contribution in [-0.4, -0.2) is 46.5 Å². The quantitative estimate of drug-likeness (QED) is 0.568. The van der Waals surface area contributed by atoms with Crippen LogP contribution in [0.25, 0.3) is 6.08 Å². The van der Waals surface area contributed by atoms with Crippen molar-refractivity contribution in [3.63, 3.8) is 0 Å². The minimum atomic E-state index is -0.396. The van der Waals surface area contributed by atoms with Crippen LogP contribution in [0.3, 0.4) is 0 Å². The van der Waals surface area contributed by atoms with Gasteiger partial charge in [-0.1, -0.05) is 23.4 Å². The van der Waals surface area contributed by atoms with Crippen LogP contribution in [0.4, 0.5) is 4.79 Å². The average molecular weight is 465 g/mol. The summed E-state index contributed by atoms with van der Waals surface area (Å²) in [6, 6.07) is 11.5. The van der Waals surface area contributed by atoms with Crippen molar-refractivity contribution < 1.29 is 14.4 Å². The summed E-state index contributed by atoms with van der Waals surface area (Å²) in [7, 11) is 0. The number of rotatable bonds is 5. The van der Waals surface area contributed by atoms with Crippen molar-refractivity contribution >= 4 is 69.6 Å². The molecule has 29 heavy (non-hydrogen) atoms. The van der Waals surface area contributed by atoms with Gasteiger partial charge < -0.3 is 4.90 Å². The van der Waals surface area contributed by atoms with Crippen LogP contribution in [0, 0.1) is 0 Å². The highest BCUT2D eigenvalue weighted by molar-refractivity contribution is 8.18. The zero-order valence-corrected chi connectivity index (χ0v) is 18.5. The molecule has 3 amide bonds. The summed E-state index contributed by atoms with van der Waals surface area (Å²) in [5, 5.41) is 0.307. The van der Waals surface area contributed by atoms with Gasteiger partial charge in [0.15, 0.2) is 0 Å². The zero-order valence-electron chi connectivity index (χ0n) is 15.3. The second-order valence-electron chi connectivity index (χ2n) is 6.57. The first-order valence-electron chi connectivity index (χ1n) is 9.06. The van der Waals surface area contributed by atoms with Crippen molar-refractivity contribution in [3.05, 3.63) is 51.2 Å². The van der Waals surface area contributed by atoms with Gasteiger partial charge in [0.05, 0.1) is 9.11 Å². The van der Waals surface area contributed by atoms with E-state index in [9.17, 15) is 14.4 Å². The van der Waals surface area contributed by atoms with E-state index in [-0.39, 0.29) is 17.7 Å². The van der Waals surface area contributed by atoms with Crippen molar-refractivity contribution in [3.8, 4) is 0 Å². The van der Waals surface area contributed by atoms with Crippen LogP contribution >= 0.6 is 46.5 Å². The lowest BCUT2D eigenvalue weighted by Gasteiger charge is -2.18. The van der Waals surface area contributed by atoms with Crippen LogP contribution in [0.1, 0.15) is 17.7 Å². The standard InChI is InChI=1S/C20H17ClN2O3S3/c21-13-3-5-14(6-4-13)27-18-8-7-15(28-18)11-16-19(25)23(20(26)29-16)12-17(24)22-9-1-2-10-22/h3-8,11H,1-2,9-10,12H2. The first-order valence-corrected chi connectivity index (χ1v) is 11.9. The molecule has 0 aliphatic carbocycles. The van der Waals surface area contributed by atoms with E-state index in [4.69, 9.17) is 11.6 Å². The predicted molar refractivity (Wildman–Crippen MR) is 118 cm³/mol. The highest BCUT2D eigenvalue weighted by Gasteiger charge is 2.37. The normalized spacial score (nSPS) is 18.3. The summed E-state index contributed by atoms with van der Waals surface area (Å²) in [5.41, 5.74) is 0. The van der Waals surface area contributed by atoms with E-state index >= 15 is 0 Å². The number of carbonyl (C=O) groups is 3. The Bertz CT molecular complexity index is 981. The molecule has 4 rings (SSSR count). The lowest BCUT2D eigenvalue weighted by Crippen LogP contribution is -2.40. The highest BCUT2D eigenvalue weighted by atomic mass is 35.5. The summed E-state index contributed by atoms with van der Waals surface area (Å²) in [6.45, 7) is 1.23. The molecule has 2 aromatic rings. The van der Waals surface area contributed by atoms with Gasteiger partial charge in [-0.2, -0.15) is 0 Å². The summed E-state index contributed by atoms with van der Waals surface area (Å²) >= 11 is 9.96. The molecule has 0 spiro atoms. The number of amides is 3. The Labute approximate surface area is 186 Å². The van der Waals surface area contributed by atoms with E-state index in [0.29, 0.717) is 23.0 Å². The van der Waals surface area contributed by atoms with Gasteiger partial charge in [0.1, 0.15) is 6.54 Å². The number of thioether (sulfide) groups is 1. The Kier molecular flexibility index (Phi) is 6.34. The van der Waals surface area contributed by atoms with Gasteiger partial charge in [0, 0.05) is 27.9 Å². The van der Waals surface area contributed by atoms with Crippen molar-refractivity contribution in [2.45, 2.75) is 21.9 Å². The molecule has 0 atom stereocenters. The van der Waals surface area contributed by atoms with Crippen LogP contribution in [0.2, 0.25) is 5.02 Å². The number of imide groups is 1. The molecule has 0 saturated carbocycles. The maximum Gasteiger partial charge on any atom is 0.294 e. The third-order valence-corrected chi connectivity index (χ3v) is 7.86. The molecule has 150 valence electrons. The second kappa shape index (κ2) is 8.95. The number of thiophene rings is 1. The summed E-state index contributed by atoms with van der Waals surface area (Å²) in [5.74, 6) is -0.559. The first-order chi connectivity index (χ1) is 14.0. The molecule has 0 bridgehead atoms. The SMILES string of the molecule is O=C(CN1C(=O)SC(=Cc2ccc(Sc3ccc(Cl)cc3)s2)C1=O)N1CCCC1. The van der Waals surface area contributed by atoms with Gasteiger partial charge in [0.25, 0.3) is 11.1 Å². The largest absolute Gasteiger partial charge is 0.341 e. The summed E-state index contributed by atoms with van der Waals surface area (Å²) < 4.78 is 1.07. The van der Waals surface area contributed by atoms with Gasteiger partial charge in [0.2, 0.25) is 5.91 Å². The van der Waals surface area contributed by atoms with Gasteiger partial charge in [-0.3, -0.25) is 19.3 Å². The van der Waals surface area contributed by atoms with E-state index < -0.39 is 5.91 Å². The Hall–Kier alpha value is -1.74. The fraction of sp³-hybridized carbons (Fsp3) is 0.250. The first kappa shape index (κ1) is 20.5. The van der Waals surface area contributed by atoms with E-state index in [2.05, 4.69) is 0 Å². The Morgan fingerprint density at radius 3 is 2.55 bits per heavy atom. The van der Waals surface area contributed by atoms with Crippen molar-refractivity contribution in [1.29, 1.82) is 0 Å². The lowest BCUT2D eigenvalue weighted by molar-refractivity contribution is -0.135. The van der Waals surface area contributed by atoms with Crippen LogP contribution < -0.4 is 0 Å². The molecule has 2 saturated heterocycles. The number of hydrogen-bond donors (Lipinski definition) is 0. The molecule has 0 radical (unpaired) electrons. The maximum absolute atomic E-state index is 12.6. The fourth-order valence-corrected chi connectivity index (χ4v) is 6.15. The smallest absolute Gasteiger partial charge is 0.294 e. The molecular formula is C20H17ClN2O3S3. The minimum absolute atomic E-state index is 0.163. The van der Waals surface area contributed by atoms with E-state index in [1.807, 2.05) is 36.4 Å². The van der Waals surface area contributed by atoms with Gasteiger partial charge in [-0.05, 0) is 67.1 Å². The molecular weight excluding hydrogens is 448 g/mol. The molecule has 1 aromatic carbocycles. The minimum Gasteiger partial charge on any atom is -0.341 e. The number of likely N-dealkylation sites (tertiary alicyclic amines) is 1.